The van der Waals surface area contributed by atoms with Crippen molar-refractivity contribution in [3.8, 4) is 0 Å². The minimum Gasteiger partial charge on any atom is -0.322 e. The minimum atomic E-state index is -0.537. The Morgan fingerprint density at radius 3 is 2.86 bits per heavy atom. The molecular formula is C16H14BrFN2O. The van der Waals surface area contributed by atoms with E-state index < -0.39 is 11.7 Å². The Kier molecular flexibility index (Phi) is 4.03. The maximum absolute atomic E-state index is 13.8. The highest BCUT2D eigenvalue weighted by Gasteiger charge is 2.18. The van der Waals surface area contributed by atoms with Gasteiger partial charge in [-0.3, -0.25) is 4.79 Å². The van der Waals surface area contributed by atoms with Crippen molar-refractivity contribution in [3.05, 3.63) is 63.4 Å². The third-order valence-electron chi connectivity index (χ3n) is 3.58. The number of rotatable bonds is 2. The van der Waals surface area contributed by atoms with Crippen LogP contribution in [-0.4, -0.2) is 12.5 Å². The second-order valence-corrected chi connectivity index (χ2v) is 5.78. The molecule has 0 spiro atoms. The molecule has 1 aliphatic rings. The molecule has 0 unspecified atom stereocenters. The maximum Gasteiger partial charge on any atom is 0.259 e. The van der Waals surface area contributed by atoms with Crippen LogP contribution < -0.4 is 10.6 Å². The minimum absolute atomic E-state index is 0.0267. The van der Waals surface area contributed by atoms with E-state index in [0.717, 1.165) is 24.2 Å². The lowest BCUT2D eigenvalue weighted by atomic mass is 9.99. The molecule has 0 atom stereocenters. The van der Waals surface area contributed by atoms with Gasteiger partial charge in [0.2, 0.25) is 0 Å². The van der Waals surface area contributed by atoms with Gasteiger partial charge in [0.15, 0.2) is 0 Å². The highest BCUT2D eigenvalue weighted by molar-refractivity contribution is 9.10. The molecule has 3 nitrogen and oxygen atoms in total. The molecule has 2 aromatic carbocycles. The van der Waals surface area contributed by atoms with Crippen LogP contribution in [0.2, 0.25) is 0 Å². The Balaban J connectivity index is 1.92. The fourth-order valence-electron chi connectivity index (χ4n) is 2.53. The number of hydrogen-bond donors (Lipinski definition) is 2. The van der Waals surface area contributed by atoms with Crippen LogP contribution in [0, 0.1) is 5.82 Å². The molecule has 21 heavy (non-hydrogen) atoms. The second-order valence-electron chi connectivity index (χ2n) is 4.92. The molecule has 0 fully saturated rings. The number of anilines is 1. The van der Waals surface area contributed by atoms with Gasteiger partial charge in [0, 0.05) is 16.7 Å². The van der Waals surface area contributed by atoms with Gasteiger partial charge in [0.1, 0.15) is 5.82 Å². The van der Waals surface area contributed by atoms with Gasteiger partial charge < -0.3 is 10.6 Å². The number of benzene rings is 2. The summed E-state index contributed by atoms with van der Waals surface area (Å²) in [6, 6.07) is 10.3. The zero-order valence-electron chi connectivity index (χ0n) is 11.2. The SMILES string of the molecule is O=C(Nc1cccc2c1CNCC2)c1c(F)cccc1Br. The molecule has 5 heteroatoms. The van der Waals surface area contributed by atoms with Crippen molar-refractivity contribution in [2.45, 2.75) is 13.0 Å². The largest absolute Gasteiger partial charge is 0.322 e. The van der Waals surface area contributed by atoms with E-state index in [2.05, 4.69) is 32.6 Å². The van der Waals surface area contributed by atoms with E-state index in [1.807, 2.05) is 12.1 Å². The summed E-state index contributed by atoms with van der Waals surface area (Å²) in [4.78, 5) is 12.3. The van der Waals surface area contributed by atoms with E-state index in [1.54, 1.807) is 12.1 Å². The molecule has 0 aliphatic carbocycles. The third kappa shape index (κ3) is 2.84. The van der Waals surface area contributed by atoms with E-state index in [1.165, 1.54) is 11.6 Å². The average molecular weight is 349 g/mol. The van der Waals surface area contributed by atoms with Gasteiger partial charge in [0.25, 0.3) is 5.91 Å². The first-order valence-corrected chi connectivity index (χ1v) is 7.53. The number of nitrogens with one attached hydrogen (secondary N) is 2. The predicted molar refractivity (Wildman–Crippen MR) is 83.9 cm³/mol. The Morgan fingerprint density at radius 2 is 2.05 bits per heavy atom. The molecule has 0 radical (unpaired) electrons. The summed E-state index contributed by atoms with van der Waals surface area (Å²) in [6.07, 6.45) is 0.933. The van der Waals surface area contributed by atoms with Gasteiger partial charge in [0.05, 0.1) is 5.56 Å². The molecule has 1 aliphatic heterocycles. The molecule has 0 bridgehead atoms. The topological polar surface area (TPSA) is 41.1 Å². The summed E-state index contributed by atoms with van der Waals surface area (Å²) < 4.78 is 14.3. The lowest BCUT2D eigenvalue weighted by Crippen LogP contribution is -2.25. The number of amides is 1. The van der Waals surface area contributed by atoms with Crippen LogP contribution >= 0.6 is 15.9 Å². The Morgan fingerprint density at radius 1 is 1.24 bits per heavy atom. The van der Waals surface area contributed by atoms with E-state index >= 15 is 0 Å². The number of halogens is 2. The zero-order valence-corrected chi connectivity index (χ0v) is 12.8. The summed E-state index contributed by atoms with van der Waals surface area (Å²) in [5.41, 5.74) is 3.06. The Hall–Kier alpha value is -1.72. The van der Waals surface area contributed by atoms with E-state index in [0.29, 0.717) is 11.0 Å². The average Bonchev–Trinajstić information content (AvgIpc) is 2.47. The maximum atomic E-state index is 13.8. The summed E-state index contributed by atoms with van der Waals surface area (Å²) in [6.45, 7) is 1.65. The zero-order chi connectivity index (χ0) is 14.8. The summed E-state index contributed by atoms with van der Waals surface area (Å²) in [7, 11) is 0. The van der Waals surface area contributed by atoms with Crippen molar-refractivity contribution in [1.82, 2.24) is 5.32 Å². The first-order chi connectivity index (χ1) is 10.2. The molecule has 0 saturated carbocycles. The first kappa shape index (κ1) is 14.2. The fourth-order valence-corrected chi connectivity index (χ4v) is 3.05. The molecule has 1 amide bonds. The number of hydrogen-bond acceptors (Lipinski definition) is 2. The van der Waals surface area contributed by atoms with Crippen molar-refractivity contribution < 1.29 is 9.18 Å². The summed E-state index contributed by atoms with van der Waals surface area (Å²) in [5.74, 6) is -0.983. The van der Waals surface area contributed by atoms with Gasteiger partial charge in [-0.1, -0.05) is 18.2 Å². The smallest absolute Gasteiger partial charge is 0.259 e. The summed E-state index contributed by atoms with van der Waals surface area (Å²) in [5, 5.41) is 6.10. The van der Waals surface area contributed by atoms with Crippen LogP contribution in [0.25, 0.3) is 0 Å². The lowest BCUT2D eigenvalue weighted by Gasteiger charge is -2.20. The molecule has 108 valence electrons. The van der Waals surface area contributed by atoms with Crippen LogP contribution in [0.4, 0.5) is 10.1 Å². The van der Waals surface area contributed by atoms with E-state index in [4.69, 9.17) is 0 Å². The van der Waals surface area contributed by atoms with Crippen LogP contribution in [0.3, 0.4) is 0 Å². The van der Waals surface area contributed by atoms with Crippen molar-refractivity contribution in [2.24, 2.45) is 0 Å². The second kappa shape index (κ2) is 5.95. The molecular weight excluding hydrogens is 335 g/mol. The van der Waals surface area contributed by atoms with Gasteiger partial charge in [-0.2, -0.15) is 0 Å². The Labute approximate surface area is 130 Å². The molecule has 1 heterocycles. The van der Waals surface area contributed by atoms with Crippen molar-refractivity contribution >= 4 is 27.5 Å². The van der Waals surface area contributed by atoms with E-state index in [-0.39, 0.29) is 5.56 Å². The molecule has 3 rings (SSSR count). The predicted octanol–water partition coefficient (Wildman–Crippen LogP) is 3.49. The normalized spacial score (nSPS) is 13.6. The number of carbonyl (C=O) groups is 1. The van der Waals surface area contributed by atoms with Crippen LogP contribution in [0.15, 0.2) is 40.9 Å². The van der Waals surface area contributed by atoms with Gasteiger partial charge in [-0.25, -0.2) is 4.39 Å². The molecule has 2 aromatic rings. The lowest BCUT2D eigenvalue weighted by molar-refractivity contribution is 0.102. The third-order valence-corrected chi connectivity index (χ3v) is 4.24. The van der Waals surface area contributed by atoms with E-state index in [9.17, 15) is 9.18 Å². The van der Waals surface area contributed by atoms with Crippen LogP contribution in [0.5, 0.6) is 0 Å². The van der Waals surface area contributed by atoms with Gasteiger partial charge in [-0.05, 0) is 58.2 Å². The van der Waals surface area contributed by atoms with Crippen molar-refractivity contribution in [1.29, 1.82) is 0 Å². The van der Waals surface area contributed by atoms with Crippen LogP contribution in [-0.2, 0) is 13.0 Å². The standard InChI is InChI=1S/C16H14BrFN2O/c17-12-4-2-5-13(18)15(12)16(21)20-14-6-1-3-10-7-8-19-9-11(10)14/h1-6,19H,7-9H2,(H,20,21). The highest BCUT2D eigenvalue weighted by Crippen LogP contribution is 2.25. The van der Waals surface area contributed by atoms with Crippen LogP contribution in [0.1, 0.15) is 21.5 Å². The van der Waals surface area contributed by atoms with Gasteiger partial charge >= 0.3 is 0 Å². The molecule has 0 saturated heterocycles. The molecule has 0 aromatic heterocycles. The van der Waals surface area contributed by atoms with Crippen molar-refractivity contribution in [3.63, 3.8) is 0 Å². The summed E-state index contributed by atoms with van der Waals surface area (Å²) >= 11 is 3.22. The Bertz CT molecular complexity index is 682. The highest BCUT2D eigenvalue weighted by atomic mass is 79.9. The monoisotopic (exact) mass is 348 g/mol. The first-order valence-electron chi connectivity index (χ1n) is 6.73. The number of fused-ring (bicyclic) bond motifs is 1. The fraction of sp³-hybridized carbons (Fsp3) is 0.188. The number of carbonyl (C=O) groups excluding carboxylic acids is 1. The van der Waals surface area contributed by atoms with Crippen molar-refractivity contribution in [2.75, 3.05) is 11.9 Å². The quantitative estimate of drug-likeness (QED) is 0.872. The molecule has 2 N–H and O–H groups in total. The van der Waals surface area contributed by atoms with Gasteiger partial charge in [-0.15, -0.1) is 0 Å².